The monoisotopic (exact) mass is 470 g/mol. The highest BCUT2D eigenvalue weighted by atomic mass is 35.5. The Kier molecular flexibility index (Phi) is 6.58. The fourth-order valence-electron chi connectivity index (χ4n) is 4.94. The van der Waals surface area contributed by atoms with Gasteiger partial charge in [0.05, 0.1) is 13.2 Å². The first-order valence-corrected chi connectivity index (χ1v) is 12.5. The third kappa shape index (κ3) is 4.31. The number of hydrogen-bond acceptors (Lipinski definition) is 3. The standard InChI is InChI=1S/C30H31ClN2O/c1-22(2)7-3-4-8-23-11-13-24(14-12-23)21-34-30(25-15-17-26(31)18-16-25)28-10-6-5-9-27(28)29-32-19-20-33(29)30/h3,5-7,9-18,22H,4,8,19-21H2,1-2H3/b7-3+. The first-order valence-electron chi connectivity index (χ1n) is 12.1. The van der Waals surface area contributed by atoms with Gasteiger partial charge in [0.2, 0.25) is 0 Å². The summed E-state index contributed by atoms with van der Waals surface area (Å²) in [7, 11) is 0. The van der Waals surface area contributed by atoms with Crippen LogP contribution in [0.15, 0.2) is 89.9 Å². The SMILES string of the molecule is CC(C)/C=C/CCc1ccc(COC2(c3ccc(Cl)cc3)c3ccccc3C3=NCCN32)cc1. The molecular weight excluding hydrogens is 440 g/mol. The molecule has 0 fully saturated rings. The van der Waals surface area contributed by atoms with Crippen molar-refractivity contribution in [3.8, 4) is 0 Å². The molecule has 0 radical (unpaired) electrons. The quantitative estimate of drug-likeness (QED) is 0.332. The van der Waals surface area contributed by atoms with E-state index in [1.807, 2.05) is 12.1 Å². The van der Waals surface area contributed by atoms with Gasteiger partial charge in [-0.3, -0.25) is 4.99 Å². The van der Waals surface area contributed by atoms with Crippen molar-refractivity contribution in [2.24, 2.45) is 10.9 Å². The molecule has 174 valence electrons. The molecule has 34 heavy (non-hydrogen) atoms. The number of hydrogen-bond donors (Lipinski definition) is 0. The highest BCUT2D eigenvalue weighted by molar-refractivity contribution is 6.30. The van der Waals surface area contributed by atoms with Crippen LogP contribution in [0.25, 0.3) is 0 Å². The first kappa shape index (κ1) is 22.9. The maximum Gasteiger partial charge on any atom is 0.196 e. The molecule has 3 aromatic rings. The minimum atomic E-state index is -0.711. The van der Waals surface area contributed by atoms with Crippen LogP contribution in [-0.4, -0.2) is 23.8 Å². The number of benzene rings is 3. The number of rotatable bonds is 8. The maximum absolute atomic E-state index is 6.90. The van der Waals surface area contributed by atoms with Crippen molar-refractivity contribution in [3.63, 3.8) is 0 Å². The van der Waals surface area contributed by atoms with E-state index in [0.717, 1.165) is 59.0 Å². The third-order valence-electron chi connectivity index (χ3n) is 6.58. The maximum atomic E-state index is 6.90. The minimum Gasteiger partial charge on any atom is -0.342 e. The Hall–Kier alpha value is -2.88. The van der Waals surface area contributed by atoms with Crippen molar-refractivity contribution in [1.29, 1.82) is 0 Å². The largest absolute Gasteiger partial charge is 0.342 e. The summed E-state index contributed by atoms with van der Waals surface area (Å²) in [5, 5.41) is 0.722. The minimum absolute atomic E-state index is 0.508. The zero-order valence-corrected chi connectivity index (χ0v) is 20.6. The predicted octanol–water partition coefficient (Wildman–Crippen LogP) is 6.98. The van der Waals surface area contributed by atoms with Gasteiger partial charge in [0, 0.05) is 28.3 Å². The van der Waals surface area contributed by atoms with Gasteiger partial charge in [0.1, 0.15) is 5.84 Å². The molecule has 2 aliphatic rings. The van der Waals surface area contributed by atoms with Crippen LogP contribution in [0.5, 0.6) is 0 Å². The molecule has 0 N–H and O–H groups in total. The van der Waals surface area contributed by atoms with Gasteiger partial charge in [-0.1, -0.05) is 98.3 Å². The Bertz CT molecular complexity index is 1200. The normalized spacial score (nSPS) is 19.1. The van der Waals surface area contributed by atoms with E-state index in [-0.39, 0.29) is 0 Å². The Labute approximate surface area is 207 Å². The van der Waals surface area contributed by atoms with Crippen molar-refractivity contribution >= 4 is 17.4 Å². The van der Waals surface area contributed by atoms with E-state index in [9.17, 15) is 0 Å². The van der Waals surface area contributed by atoms with Gasteiger partial charge in [-0.15, -0.1) is 0 Å². The summed E-state index contributed by atoms with van der Waals surface area (Å²) in [5.41, 5.74) is 5.17. The molecule has 0 spiro atoms. The van der Waals surface area contributed by atoms with Gasteiger partial charge in [0.15, 0.2) is 5.72 Å². The molecule has 1 unspecified atom stereocenters. The van der Waals surface area contributed by atoms with Gasteiger partial charge in [-0.05, 0) is 42.0 Å². The zero-order valence-electron chi connectivity index (χ0n) is 19.9. The van der Waals surface area contributed by atoms with E-state index < -0.39 is 5.72 Å². The highest BCUT2D eigenvalue weighted by Crippen LogP contribution is 2.47. The molecule has 0 saturated carbocycles. The summed E-state index contributed by atoms with van der Waals surface area (Å²) < 4.78 is 6.90. The van der Waals surface area contributed by atoms with Crippen LogP contribution >= 0.6 is 11.6 Å². The number of nitrogens with zero attached hydrogens (tertiary/aromatic N) is 2. The smallest absolute Gasteiger partial charge is 0.196 e. The molecule has 2 aliphatic heterocycles. The molecule has 0 amide bonds. The Morgan fingerprint density at radius 2 is 1.74 bits per heavy atom. The molecule has 0 aliphatic carbocycles. The van der Waals surface area contributed by atoms with Gasteiger partial charge in [-0.25, -0.2) is 0 Å². The topological polar surface area (TPSA) is 24.8 Å². The molecular formula is C30H31ClN2O. The zero-order chi connectivity index (χ0) is 23.5. The summed E-state index contributed by atoms with van der Waals surface area (Å²) in [6, 6.07) is 25.3. The van der Waals surface area contributed by atoms with E-state index in [4.69, 9.17) is 21.3 Å². The molecule has 3 nitrogen and oxygen atoms in total. The lowest BCUT2D eigenvalue weighted by atomic mass is 9.93. The molecule has 0 saturated heterocycles. The van der Waals surface area contributed by atoms with Crippen molar-refractivity contribution < 1.29 is 4.74 Å². The van der Waals surface area contributed by atoms with Gasteiger partial charge in [-0.2, -0.15) is 0 Å². The number of ether oxygens (including phenoxy) is 1. The molecule has 0 bridgehead atoms. The lowest BCUT2D eigenvalue weighted by molar-refractivity contribution is -0.104. The van der Waals surface area contributed by atoms with Crippen LogP contribution in [-0.2, 0) is 23.5 Å². The summed E-state index contributed by atoms with van der Waals surface area (Å²) in [6.45, 7) is 6.54. The Morgan fingerprint density at radius 1 is 1.00 bits per heavy atom. The number of aliphatic imine (C=N–C) groups is 1. The van der Waals surface area contributed by atoms with E-state index >= 15 is 0 Å². The molecule has 2 heterocycles. The second-order valence-electron chi connectivity index (χ2n) is 9.37. The average Bonchev–Trinajstić information content (AvgIpc) is 3.43. The Morgan fingerprint density at radius 3 is 2.50 bits per heavy atom. The predicted molar refractivity (Wildman–Crippen MR) is 140 cm³/mol. The summed E-state index contributed by atoms with van der Waals surface area (Å²) in [5.74, 6) is 1.63. The van der Waals surface area contributed by atoms with E-state index in [0.29, 0.717) is 12.5 Å². The van der Waals surface area contributed by atoms with Crippen molar-refractivity contribution in [3.05, 3.63) is 118 Å². The van der Waals surface area contributed by atoms with Crippen LogP contribution in [0.4, 0.5) is 0 Å². The number of halogens is 1. The Balaban J connectivity index is 1.41. The molecule has 0 aromatic heterocycles. The number of aryl methyl sites for hydroxylation is 1. The second-order valence-corrected chi connectivity index (χ2v) is 9.81. The van der Waals surface area contributed by atoms with Crippen LogP contribution in [0.3, 0.4) is 0 Å². The van der Waals surface area contributed by atoms with Gasteiger partial charge >= 0.3 is 0 Å². The number of amidine groups is 1. The van der Waals surface area contributed by atoms with E-state index in [1.54, 1.807) is 0 Å². The fourth-order valence-corrected chi connectivity index (χ4v) is 5.06. The summed E-state index contributed by atoms with van der Waals surface area (Å²) in [6.07, 6.45) is 6.68. The van der Waals surface area contributed by atoms with E-state index in [2.05, 4.69) is 91.6 Å². The van der Waals surface area contributed by atoms with Crippen LogP contribution in [0.1, 0.15) is 48.1 Å². The number of allylic oxidation sites excluding steroid dienone is 2. The molecule has 4 heteroatoms. The van der Waals surface area contributed by atoms with Crippen LogP contribution in [0, 0.1) is 5.92 Å². The second kappa shape index (κ2) is 9.77. The van der Waals surface area contributed by atoms with Gasteiger partial charge in [0.25, 0.3) is 0 Å². The van der Waals surface area contributed by atoms with Crippen LogP contribution in [0.2, 0.25) is 5.02 Å². The first-order chi connectivity index (χ1) is 16.6. The fraction of sp³-hybridized carbons (Fsp3) is 0.300. The van der Waals surface area contributed by atoms with Crippen molar-refractivity contribution in [2.45, 2.75) is 39.0 Å². The lowest BCUT2D eigenvalue weighted by Crippen LogP contribution is -2.46. The lowest BCUT2D eigenvalue weighted by Gasteiger charge is -2.39. The highest BCUT2D eigenvalue weighted by Gasteiger charge is 2.52. The molecule has 1 atom stereocenters. The summed E-state index contributed by atoms with van der Waals surface area (Å²) >= 11 is 6.24. The molecule has 3 aromatic carbocycles. The van der Waals surface area contributed by atoms with Crippen LogP contribution < -0.4 is 0 Å². The van der Waals surface area contributed by atoms with E-state index in [1.165, 1.54) is 5.56 Å². The third-order valence-corrected chi connectivity index (χ3v) is 6.83. The van der Waals surface area contributed by atoms with Gasteiger partial charge < -0.3 is 9.64 Å². The summed E-state index contributed by atoms with van der Waals surface area (Å²) in [4.78, 5) is 7.14. The molecule has 5 rings (SSSR count). The average molecular weight is 471 g/mol. The van der Waals surface area contributed by atoms with Crippen molar-refractivity contribution in [2.75, 3.05) is 13.1 Å². The number of fused-ring (bicyclic) bond motifs is 3. The van der Waals surface area contributed by atoms with Crippen molar-refractivity contribution in [1.82, 2.24) is 4.90 Å².